The summed E-state index contributed by atoms with van der Waals surface area (Å²) in [7, 11) is 2.17. The predicted molar refractivity (Wildman–Crippen MR) is 119 cm³/mol. The maximum atomic E-state index is 12.5. The predicted octanol–water partition coefficient (Wildman–Crippen LogP) is 4.44. The van der Waals surface area contributed by atoms with Gasteiger partial charge < -0.3 is 10.3 Å². The van der Waals surface area contributed by atoms with Crippen LogP contribution in [0.25, 0.3) is 22.0 Å². The van der Waals surface area contributed by atoms with Gasteiger partial charge in [-0.3, -0.25) is 4.79 Å². The fourth-order valence-electron chi connectivity index (χ4n) is 3.94. The number of nitrogens with one attached hydrogen (secondary N) is 2. The summed E-state index contributed by atoms with van der Waals surface area (Å²) in [6, 6.07) is 16.4. The van der Waals surface area contributed by atoms with E-state index in [4.69, 9.17) is 0 Å². The molecule has 1 aromatic heterocycles. The molecule has 3 aromatic rings. The van der Waals surface area contributed by atoms with Crippen molar-refractivity contribution in [1.82, 2.24) is 14.6 Å². The van der Waals surface area contributed by atoms with Gasteiger partial charge in [0.25, 0.3) is 5.56 Å². The van der Waals surface area contributed by atoms with E-state index in [1.165, 1.54) is 17.7 Å². The normalized spacial score (nSPS) is 15.4. The van der Waals surface area contributed by atoms with Crippen molar-refractivity contribution in [3.05, 3.63) is 64.4 Å². The summed E-state index contributed by atoms with van der Waals surface area (Å²) < 4.78 is 2.34. The third-order valence-electron chi connectivity index (χ3n) is 5.51. The van der Waals surface area contributed by atoms with Crippen molar-refractivity contribution in [2.75, 3.05) is 26.7 Å². The molecule has 1 saturated heterocycles. The van der Waals surface area contributed by atoms with Gasteiger partial charge >= 0.3 is 0 Å². The largest absolute Gasteiger partial charge is 0.321 e. The number of benzene rings is 2. The van der Waals surface area contributed by atoms with Gasteiger partial charge in [0, 0.05) is 22.5 Å². The fraction of sp³-hybridized carbons (Fsp3) is 0.348. The van der Waals surface area contributed by atoms with Crippen LogP contribution in [0.15, 0.2) is 58.2 Å². The van der Waals surface area contributed by atoms with Crippen LogP contribution in [0, 0.1) is 12.8 Å². The summed E-state index contributed by atoms with van der Waals surface area (Å²) in [5, 5.41) is 5.19. The zero-order valence-electron chi connectivity index (χ0n) is 16.5. The van der Waals surface area contributed by atoms with Crippen LogP contribution in [-0.4, -0.2) is 36.0 Å². The van der Waals surface area contributed by atoms with Gasteiger partial charge in [-0.25, -0.2) is 4.31 Å². The number of piperidine rings is 1. The van der Waals surface area contributed by atoms with Crippen molar-refractivity contribution in [2.24, 2.45) is 5.92 Å². The van der Waals surface area contributed by atoms with Crippen LogP contribution >= 0.6 is 11.9 Å². The minimum absolute atomic E-state index is 0.0312. The first kappa shape index (κ1) is 19.2. The highest BCUT2D eigenvalue weighted by Gasteiger charge is 2.15. The first-order chi connectivity index (χ1) is 13.6. The van der Waals surface area contributed by atoms with Crippen LogP contribution in [0.1, 0.15) is 18.4 Å². The smallest absolute Gasteiger partial charge is 0.256 e. The molecule has 1 aliphatic rings. The lowest BCUT2D eigenvalue weighted by Gasteiger charge is -2.26. The Morgan fingerprint density at radius 3 is 2.57 bits per heavy atom. The number of H-pyrrole nitrogens is 1. The van der Waals surface area contributed by atoms with Crippen LogP contribution in [0.5, 0.6) is 0 Å². The Kier molecular flexibility index (Phi) is 5.85. The molecule has 0 atom stereocenters. The molecular formula is C23H27N3OS. The molecule has 0 bridgehead atoms. The Bertz CT molecular complexity index is 1010. The second-order valence-electron chi connectivity index (χ2n) is 7.67. The van der Waals surface area contributed by atoms with Crippen molar-refractivity contribution in [1.29, 1.82) is 0 Å². The third-order valence-corrected chi connectivity index (χ3v) is 6.45. The summed E-state index contributed by atoms with van der Waals surface area (Å²) in [6.45, 7) is 5.44. The van der Waals surface area contributed by atoms with Crippen molar-refractivity contribution in [2.45, 2.75) is 24.7 Å². The fourth-order valence-corrected chi connectivity index (χ4v) is 4.84. The van der Waals surface area contributed by atoms with E-state index in [1.54, 1.807) is 11.9 Å². The van der Waals surface area contributed by atoms with Crippen molar-refractivity contribution in [3.8, 4) is 11.3 Å². The minimum Gasteiger partial charge on any atom is -0.321 e. The molecule has 1 aliphatic heterocycles. The number of hydrogen-bond acceptors (Lipinski definition) is 4. The van der Waals surface area contributed by atoms with Crippen LogP contribution in [-0.2, 0) is 0 Å². The summed E-state index contributed by atoms with van der Waals surface area (Å²) in [4.78, 5) is 16.7. The highest BCUT2D eigenvalue weighted by atomic mass is 32.2. The Hall–Kier alpha value is -2.08. The molecule has 1 fully saturated rings. The number of aromatic nitrogens is 1. The van der Waals surface area contributed by atoms with Crippen LogP contribution in [0.2, 0.25) is 0 Å². The second-order valence-corrected chi connectivity index (χ2v) is 8.95. The standard InChI is InChI=1S/C23H27N3OS/c1-16-4-3-5-20-21(16)14-22(25-23(20)27)18-6-8-19(9-7-18)28-26(2)15-17-10-12-24-13-11-17/h3-9,14,17,24H,10-13,15H2,1-2H3,(H,25,27). The average molecular weight is 394 g/mol. The number of hydrogen-bond donors (Lipinski definition) is 2. The number of nitrogens with zero attached hydrogens (tertiary/aromatic N) is 1. The lowest BCUT2D eigenvalue weighted by atomic mass is 9.98. The first-order valence-electron chi connectivity index (χ1n) is 9.93. The van der Waals surface area contributed by atoms with E-state index in [9.17, 15) is 4.79 Å². The van der Waals surface area contributed by atoms with Gasteiger partial charge in [-0.15, -0.1) is 0 Å². The summed E-state index contributed by atoms with van der Waals surface area (Å²) in [5.41, 5.74) is 2.99. The molecule has 2 heterocycles. The number of fused-ring (bicyclic) bond motifs is 1. The average Bonchev–Trinajstić information content (AvgIpc) is 2.70. The molecule has 0 amide bonds. The van der Waals surface area contributed by atoms with E-state index in [2.05, 4.69) is 52.0 Å². The molecule has 0 unspecified atom stereocenters. The van der Waals surface area contributed by atoms with E-state index >= 15 is 0 Å². The van der Waals surface area contributed by atoms with Gasteiger partial charge in [-0.2, -0.15) is 0 Å². The SMILES string of the molecule is Cc1cccc2c(=O)[nH]c(-c3ccc(SN(C)CC4CCNCC4)cc3)cc12. The Morgan fingerprint density at radius 1 is 1.07 bits per heavy atom. The molecule has 4 nitrogen and oxygen atoms in total. The highest BCUT2D eigenvalue weighted by Crippen LogP contribution is 2.27. The zero-order valence-corrected chi connectivity index (χ0v) is 17.3. The maximum Gasteiger partial charge on any atom is 0.256 e. The number of aryl methyl sites for hydroxylation is 1. The van der Waals surface area contributed by atoms with Crippen LogP contribution in [0.3, 0.4) is 0 Å². The van der Waals surface area contributed by atoms with Gasteiger partial charge in [-0.05, 0) is 98.5 Å². The monoisotopic (exact) mass is 393 g/mol. The molecule has 28 heavy (non-hydrogen) atoms. The third kappa shape index (κ3) is 4.32. The van der Waals surface area contributed by atoms with Crippen molar-refractivity contribution >= 4 is 22.7 Å². The van der Waals surface area contributed by atoms with E-state index in [-0.39, 0.29) is 5.56 Å². The number of rotatable bonds is 5. The summed E-state index contributed by atoms with van der Waals surface area (Å²) >= 11 is 1.79. The van der Waals surface area contributed by atoms with Gasteiger partial charge in [0.2, 0.25) is 0 Å². The minimum atomic E-state index is -0.0312. The van der Waals surface area contributed by atoms with Crippen LogP contribution < -0.4 is 10.9 Å². The lowest BCUT2D eigenvalue weighted by Crippen LogP contribution is -2.32. The molecule has 146 valence electrons. The number of aromatic amines is 1. The van der Waals surface area contributed by atoms with E-state index in [1.807, 2.05) is 25.1 Å². The molecular weight excluding hydrogens is 366 g/mol. The molecule has 0 aliphatic carbocycles. The number of pyridine rings is 1. The van der Waals surface area contributed by atoms with Crippen LogP contribution in [0.4, 0.5) is 0 Å². The van der Waals surface area contributed by atoms with Crippen molar-refractivity contribution < 1.29 is 0 Å². The Labute approximate surface area is 170 Å². The quantitative estimate of drug-likeness (QED) is 0.629. The van der Waals surface area contributed by atoms with Crippen molar-refractivity contribution in [3.63, 3.8) is 0 Å². The highest BCUT2D eigenvalue weighted by molar-refractivity contribution is 7.97. The van der Waals surface area contributed by atoms with E-state index in [0.717, 1.165) is 53.1 Å². The second kappa shape index (κ2) is 8.52. The molecule has 0 radical (unpaired) electrons. The van der Waals surface area contributed by atoms with Gasteiger partial charge in [0.15, 0.2) is 0 Å². The first-order valence-corrected chi connectivity index (χ1v) is 10.7. The molecule has 0 saturated carbocycles. The van der Waals surface area contributed by atoms with E-state index in [0.29, 0.717) is 0 Å². The molecule has 2 N–H and O–H groups in total. The molecule has 5 heteroatoms. The summed E-state index contributed by atoms with van der Waals surface area (Å²) in [6.07, 6.45) is 2.52. The van der Waals surface area contributed by atoms with Gasteiger partial charge in [0.05, 0.1) is 0 Å². The molecule has 4 rings (SSSR count). The Morgan fingerprint density at radius 2 is 1.82 bits per heavy atom. The topological polar surface area (TPSA) is 48.1 Å². The summed E-state index contributed by atoms with van der Waals surface area (Å²) in [5.74, 6) is 0.781. The molecule has 0 spiro atoms. The van der Waals surface area contributed by atoms with Gasteiger partial charge in [-0.1, -0.05) is 24.3 Å². The Balaban J connectivity index is 1.49. The van der Waals surface area contributed by atoms with Gasteiger partial charge in [0.1, 0.15) is 0 Å². The lowest BCUT2D eigenvalue weighted by molar-refractivity contribution is 0.323. The maximum absolute atomic E-state index is 12.5. The van der Waals surface area contributed by atoms with E-state index < -0.39 is 0 Å². The zero-order chi connectivity index (χ0) is 19.5. The molecule has 2 aromatic carbocycles.